The monoisotopic (exact) mass is 341 g/mol. The third-order valence-corrected chi connectivity index (χ3v) is 3.36. The molecule has 0 saturated heterocycles. The number of nitrogens with zero attached hydrogens (tertiary/aromatic N) is 1. The number of benzene rings is 2. The standard InChI is InChI=1S/C14H10Cl2FN3S/c15-12-6-1-9(7-13(12)16)8-18-20-14(21)19-11-4-2-10(17)3-5-11/h1-8H,(H2,19,20,21)/b18-8-. The molecule has 108 valence electrons. The van der Waals surface area contributed by atoms with Crippen molar-refractivity contribution in [1.29, 1.82) is 0 Å². The van der Waals surface area contributed by atoms with E-state index in [1.54, 1.807) is 36.5 Å². The Balaban J connectivity index is 1.89. The van der Waals surface area contributed by atoms with Crippen molar-refractivity contribution in [2.24, 2.45) is 5.10 Å². The molecule has 2 aromatic rings. The zero-order valence-electron chi connectivity index (χ0n) is 10.6. The molecular weight excluding hydrogens is 332 g/mol. The van der Waals surface area contributed by atoms with E-state index >= 15 is 0 Å². The van der Waals surface area contributed by atoms with E-state index in [0.717, 1.165) is 5.56 Å². The lowest BCUT2D eigenvalue weighted by atomic mass is 10.2. The van der Waals surface area contributed by atoms with Gasteiger partial charge in [-0.2, -0.15) is 5.10 Å². The third kappa shape index (κ3) is 4.97. The van der Waals surface area contributed by atoms with Gasteiger partial charge in [0.1, 0.15) is 5.82 Å². The van der Waals surface area contributed by atoms with Gasteiger partial charge in [-0.05, 0) is 54.2 Å². The quantitative estimate of drug-likeness (QED) is 0.491. The predicted octanol–water partition coefficient (Wildman–Crippen LogP) is 4.45. The Morgan fingerprint density at radius 2 is 1.81 bits per heavy atom. The van der Waals surface area contributed by atoms with Crippen LogP contribution in [-0.2, 0) is 0 Å². The van der Waals surface area contributed by atoms with Gasteiger partial charge in [-0.15, -0.1) is 0 Å². The van der Waals surface area contributed by atoms with Gasteiger partial charge in [-0.25, -0.2) is 4.39 Å². The van der Waals surface area contributed by atoms with Gasteiger partial charge in [0.2, 0.25) is 0 Å². The summed E-state index contributed by atoms with van der Waals surface area (Å²) in [4.78, 5) is 0. The fourth-order valence-corrected chi connectivity index (χ4v) is 1.93. The van der Waals surface area contributed by atoms with Gasteiger partial charge in [-0.3, -0.25) is 5.43 Å². The highest BCUT2D eigenvalue weighted by Crippen LogP contribution is 2.21. The molecule has 0 aliphatic carbocycles. The predicted molar refractivity (Wildman–Crippen MR) is 89.8 cm³/mol. The third-order valence-electron chi connectivity index (χ3n) is 2.43. The van der Waals surface area contributed by atoms with Crippen LogP contribution in [0.15, 0.2) is 47.6 Å². The second-order valence-electron chi connectivity index (χ2n) is 4.00. The number of rotatable bonds is 3. The summed E-state index contributed by atoms with van der Waals surface area (Å²) in [6.45, 7) is 0. The Hall–Kier alpha value is -1.69. The van der Waals surface area contributed by atoms with Gasteiger partial charge in [0.05, 0.1) is 16.3 Å². The van der Waals surface area contributed by atoms with Crippen molar-refractivity contribution >= 4 is 52.4 Å². The van der Waals surface area contributed by atoms with Crippen LogP contribution in [-0.4, -0.2) is 11.3 Å². The van der Waals surface area contributed by atoms with E-state index in [9.17, 15) is 4.39 Å². The van der Waals surface area contributed by atoms with E-state index in [-0.39, 0.29) is 10.9 Å². The van der Waals surface area contributed by atoms with Crippen LogP contribution in [0.5, 0.6) is 0 Å². The number of hydrogen-bond acceptors (Lipinski definition) is 2. The largest absolute Gasteiger partial charge is 0.331 e. The SMILES string of the molecule is Fc1ccc(NC(=S)N/N=C\c2ccc(Cl)c(Cl)c2)cc1. The maximum atomic E-state index is 12.8. The highest BCUT2D eigenvalue weighted by Gasteiger charge is 1.98. The normalized spacial score (nSPS) is 10.6. The second-order valence-corrected chi connectivity index (χ2v) is 5.23. The van der Waals surface area contributed by atoms with Gasteiger partial charge >= 0.3 is 0 Å². The first-order chi connectivity index (χ1) is 10.0. The average Bonchev–Trinajstić information content (AvgIpc) is 2.45. The molecule has 0 aliphatic rings. The van der Waals surface area contributed by atoms with Gasteiger partial charge in [-0.1, -0.05) is 29.3 Å². The van der Waals surface area contributed by atoms with Gasteiger partial charge in [0.25, 0.3) is 0 Å². The van der Waals surface area contributed by atoms with Crippen molar-refractivity contribution in [3.63, 3.8) is 0 Å². The molecule has 0 amide bonds. The summed E-state index contributed by atoms with van der Waals surface area (Å²) >= 11 is 16.8. The first-order valence-electron chi connectivity index (χ1n) is 5.85. The van der Waals surface area contributed by atoms with E-state index in [2.05, 4.69) is 15.8 Å². The molecule has 0 radical (unpaired) electrons. The maximum Gasteiger partial charge on any atom is 0.191 e. The number of hydrogen-bond donors (Lipinski definition) is 2. The smallest absolute Gasteiger partial charge is 0.191 e. The lowest BCUT2D eigenvalue weighted by Gasteiger charge is -2.06. The van der Waals surface area contributed by atoms with Crippen LogP contribution in [0.3, 0.4) is 0 Å². The van der Waals surface area contributed by atoms with Crippen LogP contribution in [0.4, 0.5) is 10.1 Å². The number of anilines is 1. The number of hydrazone groups is 1. The van der Waals surface area contributed by atoms with E-state index < -0.39 is 0 Å². The first kappa shape index (κ1) is 15.7. The van der Waals surface area contributed by atoms with Crippen molar-refractivity contribution in [2.75, 3.05) is 5.32 Å². The Labute approximate surface area is 136 Å². The fourth-order valence-electron chi connectivity index (χ4n) is 1.45. The molecular formula is C14H10Cl2FN3S. The van der Waals surface area contributed by atoms with Crippen molar-refractivity contribution in [3.05, 3.63) is 63.9 Å². The minimum absolute atomic E-state index is 0.290. The molecule has 2 aromatic carbocycles. The maximum absolute atomic E-state index is 12.8. The molecule has 2 N–H and O–H groups in total. The van der Waals surface area contributed by atoms with E-state index in [1.165, 1.54) is 12.1 Å². The van der Waals surface area contributed by atoms with Crippen LogP contribution in [0, 0.1) is 5.82 Å². The molecule has 0 saturated carbocycles. The van der Waals surface area contributed by atoms with Crippen molar-refractivity contribution in [1.82, 2.24) is 5.43 Å². The Morgan fingerprint density at radius 3 is 2.48 bits per heavy atom. The fraction of sp³-hybridized carbons (Fsp3) is 0. The van der Waals surface area contributed by atoms with Crippen LogP contribution >= 0.6 is 35.4 Å². The lowest BCUT2D eigenvalue weighted by molar-refractivity contribution is 0.628. The zero-order valence-corrected chi connectivity index (χ0v) is 12.9. The topological polar surface area (TPSA) is 36.4 Å². The Morgan fingerprint density at radius 1 is 1.10 bits per heavy atom. The van der Waals surface area contributed by atoms with Crippen LogP contribution in [0.1, 0.15) is 5.56 Å². The van der Waals surface area contributed by atoms with E-state index in [1.807, 2.05) is 0 Å². The minimum atomic E-state index is -0.308. The molecule has 2 rings (SSSR count). The molecule has 0 fully saturated rings. The molecule has 0 bridgehead atoms. The van der Waals surface area contributed by atoms with Crippen LogP contribution < -0.4 is 10.7 Å². The number of thiocarbonyl (C=S) groups is 1. The van der Waals surface area contributed by atoms with Crippen molar-refractivity contribution < 1.29 is 4.39 Å². The minimum Gasteiger partial charge on any atom is -0.331 e. The molecule has 7 heteroatoms. The Kier molecular flexibility index (Phi) is 5.50. The van der Waals surface area contributed by atoms with Crippen LogP contribution in [0.25, 0.3) is 0 Å². The van der Waals surface area contributed by atoms with Crippen molar-refractivity contribution in [3.8, 4) is 0 Å². The van der Waals surface area contributed by atoms with Gasteiger partial charge < -0.3 is 5.32 Å². The summed E-state index contributed by atoms with van der Waals surface area (Å²) in [5.74, 6) is -0.308. The van der Waals surface area contributed by atoms with E-state index in [4.69, 9.17) is 35.4 Å². The summed E-state index contributed by atoms with van der Waals surface area (Å²) in [5, 5.41) is 8.06. The van der Waals surface area contributed by atoms with Gasteiger partial charge in [0, 0.05) is 5.69 Å². The highest BCUT2D eigenvalue weighted by atomic mass is 35.5. The Bertz CT molecular complexity index is 674. The highest BCUT2D eigenvalue weighted by molar-refractivity contribution is 7.80. The summed E-state index contributed by atoms with van der Waals surface area (Å²) in [7, 11) is 0. The second kappa shape index (κ2) is 7.36. The molecule has 0 atom stereocenters. The van der Waals surface area contributed by atoms with Crippen LogP contribution in [0.2, 0.25) is 10.0 Å². The van der Waals surface area contributed by atoms with E-state index in [0.29, 0.717) is 15.7 Å². The van der Waals surface area contributed by atoms with Gasteiger partial charge in [0.15, 0.2) is 5.11 Å². The number of halogens is 3. The zero-order chi connectivity index (χ0) is 15.2. The number of nitrogens with one attached hydrogen (secondary N) is 2. The molecule has 3 nitrogen and oxygen atoms in total. The molecule has 0 aromatic heterocycles. The summed E-state index contributed by atoms with van der Waals surface area (Å²) in [6, 6.07) is 11.0. The summed E-state index contributed by atoms with van der Waals surface area (Å²) < 4.78 is 12.8. The molecule has 21 heavy (non-hydrogen) atoms. The molecule has 0 heterocycles. The molecule has 0 aliphatic heterocycles. The molecule has 0 unspecified atom stereocenters. The summed E-state index contributed by atoms with van der Waals surface area (Å²) in [5.41, 5.74) is 4.09. The average molecular weight is 342 g/mol. The molecule has 0 spiro atoms. The lowest BCUT2D eigenvalue weighted by Crippen LogP contribution is -2.23. The first-order valence-corrected chi connectivity index (χ1v) is 7.02. The summed E-state index contributed by atoms with van der Waals surface area (Å²) in [6.07, 6.45) is 1.56. The van der Waals surface area contributed by atoms with Crippen molar-refractivity contribution in [2.45, 2.75) is 0 Å².